The number of hydrogen-bond acceptors (Lipinski definition) is 4. The molecule has 0 fully saturated rings. The normalized spacial score (nSPS) is 15.8. The van der Waals surface area contributed by atoms with Crippen molar-refractivity contribution in [3.63, 3.8) is 0 Å². The van der Waals surface area contributed by atoms with Gasteiger partial charge in [-0.15, -0.1) is 0 Å². The van der Waals surface area contributed by atoms with Crippen molar-refractivity contribution in [1.82, 2.24) is 9.62 Å². The predicted molar refractivity (Wildman–Crippen MR) is 154 cm³/mol. The molecule has 3 rings (SSSR count). The van der Waals surface area contributed by atoms with Gasteiger partial charge in [-0.05, 0) is 49.9 Å². The molecule has 0 aliphatic carbocycles. The highest BCUT2D eigenvalue weighted by Gasteiger charge is 2.44. The summed E-state index contributed by atoms with van der Waals surface area (Å²) < 4.78 is 59.1. The maximum atomic E-state index is 16.5. The molecule has 0 aliphatic rings. The molecule has 0 bridgehead atoms. The number of rotatable bonds is 12. The molecule has 206 valence electrons. The van der Waals surface area contributed by atoms with Gasteiger partial charge in [-0.3, -0.25) is 4.90 Å². The fourth-order valence-electron chi connectivity index (χ4n) is 4.48. The molecule has 0 aliphatic heterocycles. The van der Waals surface area contributed by atoms with E-state index in [9.17, 15) is 12.6 Å². The fourth-order valence-corrected chi connectivity index (χ4v) is 6.84. The number of sulfone groups is 1. The van der Waals surface area contributed by atoms with Crippen LogP contribution in [0.3, 0.4) is 0 Å². The van der Waals surface area contributed by atoms with E-state index >= 15 is 4.39 Å². The second-order valence-corrected chi connectivity index (χ2v) is 14.9. The third kappa shape index (κ3) is 7.82. The number of nitrogens with one attached hydrogen (secondary N) is 1. The van der Waals surface area contributed by atoms with Gasteiger partial charge in [-0.2, -0.15) is 0 Å². The van der Waals surface area contributed by atoms with Crippen molar-refractivity contribution in [2.24, 2.45) is 5.92 Å². The van der Waals surface area contributed by atoms with Crippen LogP contribution in [0.1, 0.15) is 45.7 Å². The Morgan fingerprint density at radius 3 is 1.63 bits per heavy atom. The van der Waals surface area contributed by atoms with Gasteiger partial charge in [0.1, 0.15) is 0 Å². The zero-order chi connectivity index (χ0) is 27.9. The van der Waals surface area contributed by atoms with Crippen LogP contribution in [0.2, 0.25) is 0 Å². The molecule has 5 nitrogen and oxygen atoms in total. The molecular weight excluding hydrogens is 519 g/mol. The molecule has 0 amide bonds. The molecule has 3 aromatic carbocycles. The minimum absolute atomic E-state index is 0.0963. The summed E-state index contributed by atoms with van der Waals surface area (Å²) in [6, 6.07) is 25.4. The van der Waals surface area contributed by atoms with Gasteiger partial charge < -0.3 is 0 Å². The van der Waals surface area contributed by atoms with Gasteiger partial charge in [0.15, 0.2) is 0 Å². The second-order valence-electron chi connectivity index (χ2n) is 10.8. The van der Waals surface area contributed by atoms with Crippen molar-refractivity contribution >= 4 is 20.8 Å². The molecule has 1 N–H and O–H groups in total. The Bertz CT molecular complexity index is 1220. The maximum Gasteiger partial charge on any atom is 0.222 e. The number of nitrogens with zero attached hydrogens (tertiary/aromatic N) is 1. The van der Waals surface area contributed by atoms with Gasteiger partial charge in [-0.25, -0.2) is 21.7 Å². The summed E-state index contributed by atoms with van der Waals surface area (Å²) in [5.74, 6) is -0.166. The lowest BCUT2D eigenvalue weighted by Crippen LogP contribution is -2.59. The van der Waals surface area contributed by atoms with Gasteiger partial charge in [0.25, 0.3) is 0 Å². The van der Waals surface area contributed by atoms with E-state index in [1.165, 1.54) is 12.1 Å². The summed E-state index contributed by atoms with van der Waals surface area (Å²) in [6.07, 6.45) is 0. The van der Waals surface area contributed by atoms with E-state index in [1.54, 1.807) is 39.0 Å². The van der Waals surface area contributed by atoms with E-state index in [-0.39, 0.29) is 10.8 Å². The number of benzene rings is 3. The van der Waals surface area contributed by atoms with Crippen LogP contribution in [0, 0.1) is 5.92 Å². The van der Waals surface area contributed by atoms with E-state index in [0.717, 1.165) is 11.1 Å². The minimum atomic E-state index is -4.38. The summed E-state index contributed by atoms with van der Waals surface area (Å²) in [4.78, 5) is 2.00. The molecule has 0 saturated heterocycles. The first-order valence-electron chi connectivity index (χ1n) is 12.8. The number of halogens is 1. The highest BCUT2D eigenvalue weighted by molar-refractivity contribution is 7.92. The lowest BCUT2D eigenvalue weighted by molar-refractivity contribution is 0.0916. The predicted octanol–water partition coefficient (Wildman–Crippen LogP) is 5.90. The molecule has 8 heteroatoms. The molecule has 0 unspecified atom stereocenters. The molecule has 4 atom stereocenters. The number of alkyl halides is 1. The van der Waals surface area contributed by atoms with Crippen molar-refractivity contribution in [2.75, 3.05) is 0 Å². The van der Waals surface area contributed by atoms with Crippen molar-refractivity contribution in [3.8, 4) is 0 Å². The molecular formula is C30H39FN2O3S2. The Hall–Kier alpha value is -2.39. The molecule has 0 saturated carbocycles. The molecule has 0 radical (unpaired) electrons. The van der Waals surface area contributed by atoms with Crippen molar-refractivity contribution in [3.05, 3.63) is 102 Å². The number of hydrogen-bond donors (Lipinski definition) is 1. The quantitative estimate of drug-likeness (QED) is 0.300. The van der Waals surface area contributed by atoms with Crippen LogP contribution in [0.25, 0.3) is 0 Å². The second kappa shape index (κ2) is 13.1. The van der Waals surface area contributed by atoms with Gasteiger partial charge in [0.05, 0.1) is 26.7 Å². The largest absolute Gasteiger partial charge is 0.290 e. The molecule has 38 heavy (non-hydrogen) atoms. The third-order valence-corrected chi connectivity index (χ3v) is 9.79. The average molecular weight is 559 g/mol. The Labute approximate surface area is 230 Å². The lowest BCUT2D eigenvalue weighted by atomic mass is 9.94. The van der Waals surface area contributed by atoms with E-state index < -0.39 is 43.2 Å². The van der Waals surface area contributed by atoms with E-state index in [4.69, 9.17) is 0 Å². The highest BCUT2D eigenvalue weighted by Crippen LogP contribution is 2.29. The third-order valence-electron chi connectivity index (χ3n) is 6.38. The molecule has 0 spiro atoms. The summed E-state index contributed by atoms with van der Waals surface area (Å²) in [5.41, 5.74) is -0.283. The van der Waals surface area contributed by atoms with Crippen LogP contribution in [-0.2, 0) is 33.9 Å². The Balaban J connectivity index is 2.12. The Morgan fingerprint density at radius 1 is 0.816 bits per heavy atom. The smallest absolute Gasteiger partial charge is 0.222 e. The first kappa shape index (κ1) is 30.2. The van der Waals surface area contributed by atoms with Crippen LogP contribution in [-0.4, -0.2) is 39.9 Å². The molecule has 0 heterocycles. The Kier molecular flexibility index (Phi) is 10.4. The Morgan fingerprint density at radius 2 is 1.24 bits per heavy atom. The van der Waals surface area contributed by atoms with Crippen LogP contribution in [0.15, 0.2) is 95.9 Å². The van der Waals surface area contributed by atoms with Crippen LogP contribution >= 0.6 is 0 Å². The van der Waals surface area contributed by atoms with E-state index in [2.05, 4.69) is 9.62 Å². The average Bonchev–Trinajstić information content (AvgIpc) is 2.88. The zero-order valence-electron chi connectivity index (χ0n) is 22.8. The van der Waals surface area contributed by atoms with Crippen LogP contribution < -0.4 is 4.72 Å². The summed E-state index contributed by atoms with van der Waals surface area (Å²) in [6.45, 7) is 10.2. The van der Waals surface area contributed by atoms with Gasteiger partial charge >= 0.3 is 0 Å². The van der Waals surface area contributed by atoms with E-state index in [0.29, 0.717) is 13.1 Å². The lowest BCUT2D eigenvalue weighted by Gasteiger charge is -2.41. The minimum Gasteiger partial charge on any atom is -0.290 e. The fraction of sp³-hybridized carbons (Fsp3) is 0.400. The highest BCUT2D eigenvalue weighted by atomic mass is 32.2. The zero-order valence-corrected chi connectivity index (χ0v) is 24.4. The topological polar surface area (TPSA) is 66.5 Å². The molecule has 3 aromatic rings. The van der Waals surface area contributed by atoms with Crippen molar-refractivity contribution in [1.29, 1.82) is 0 Å². The maximum absolute atomic E-state index is 16.5. The van der Waals surface area contributed by atoms with Crippen LogP contribution in [0.4, 0.5) is 4.39 Å². The standard InChI is InChI=1S/C30H39FN2O3S2/c1-23(2)28(33(21-24-15-9-6-10-16-24)22-25-17-11-7-12-18-25)27(32-37(34)30(3,4)5)29(31)38(35,36)26-19-13-8-14-20-26/h6-20,23,27-29,32H,21-22H2,1-5H3/t27-,28-,29-,37+/m0/s1. The monoisotopic (exact) mass is 558 g/mol. The first-order chi connectivity index (χ1) is 17.9. The van der Waals surface area contributed by atoms with Gasteiger partial charge in [0.2, 0.25) is 15.3 Å². The van der Waals surface area contributed by atoms with Gasteiger partial charge in [0, 0.05) is 19.1 Å². The van der Waals surface area contributed by atoms with E-state index in [1.807, 2.05) is 74.5 Å². The van der Waals surface area contributed by atoms with Crippen LogP contribution in [0.5, 0.6) is 0 Å². The van der Waals surface area contributed by atoms with Crippen molar-refractivity contribution in [2.45, 2.75) is 74.9 Å². The summed E-state index contributed by atoms with van der Waals surface area (Å²) in [7, 11) is -6.08. The summed E-state index contributed by atoms with van der Waals surface area (Å²) >= 11 is 0. The van der Waals surface area contributed by atoms with Gasteiger partial charge in [-0.1, -0.05) is 92.7 Å². The SMILES string of the molecule is CC(C)[C@@H]([C@H](N[S@](=O)C(C)(C)C)[C@@H](F)S(=O)(=O)c1ccccc1)N(Cc1ccccc1)Cc1ccccc1. The van der Waals surface area contributed by atoms with Crippen molar-refractivity contribution < 1.29 is 17.0 Å². The summed E-state index contributed by atoms with van der Waals surface area (Å²) in [5, 5.41) is 0. The molecule has 0 aromatic heterocycles. The first-order valence-corrected chi connectivity index (χ1v) is 15.5.